The number of likely N-dealkylation sites (N-methyl/N-ethyl adjacent to an activating group) is 1. The van der Waals surface area contributed by atoms with Gasteiger partial charge in [0.05, 0.1) is 5.92 Å². The Morgan fingerprint density at radius 1 is 1.25 bits per heavy atom. The molecule has 108 valence electrons. The van der Waals surface area contributed by atoms with Crippen LogP contribution in [0.5, 0.6) is 0 Å². The number of amides is 1. The van der Waals surface area contributed by atoms with Crippen molar-refractivity contribution in [3.05, 3.63) is 35.4 Å². The predicted octanol–water partition coefficient (Wildman–Crippen LogP) is 0.410. The van der Waals surface area contributed by atoms with Crippen LogP contribution in [0.3, 0.4) is 0 Å². The molecular weight excluding hydrogens is 266 g/mol. The smallest absolute Gasteiger partial charge is 0.253 e. The summed E-state index contributed by atoms with van der Waals surface area (Å²) in [7, 11) is 1.82. The summed E-state index contributed by atoms with van der Waals surface area (Å²) in [6.07, 6.45) is 0. The number of carbonyl (C=O) groups excluding carboxylic acids is 1. The lowest BCUT2D eigenvalue weighted by Gasteiger charge is -2.16. The van der Waals surface area contributed by atoms with E-state index >= 15 is 0 Å². The molecular formula is C13H16F2N4O. The highest BCUT2D eigenvalue weighted by Crippen LogP contribution is 2.33. The second-order valence-corrected chi connectivity index (χ2v) is 5.01. The third-order valence-corrected chi connectivity index (χ3v) is 3.37. The maximum atomic E-state index is 13.3. The molecule has 1 amide bonds. The molecule has 0 radical (unpaired) electrons. The molecule has 0 aromatic heterocycles. The summed E-state index contributed by atoms with van der Waals surface area (Å²) in [5.74, 6) is -2.95. The molecule has 2 atom stereocenters. The van der Waals surface area contributed by atoms with Crippen LogP contribution in [-0.2, 0) is 4.79 Å². The van der Waals surface area contributed by atoms with E-state index < -0.39 is 23.5 Å². The van der Waals surface area contributed by atoms with E-state index in [0.717, 1.165) is 6.07 Å². The van der Waals surface area contributed by atoms with Gasteiger partial charge >= 0.3 is 0 Å². The van der Waals surface area contributed by atoms with E-state index in [-0.39, 0.29) is 11.9 Å². The van der Waals surface area contributed by atoms with Gasteiger partial charge in [0.1, 0.15) is 11.6 Å². The van der Waals surface area contributed by atoms with Gasteiger partial charge in [-0.15, -0.1) is 0 Å². The molecule has 4 N–H and O–H groups in total. The Hall–Kier alpha value is -2.02. The molecule has 0 aliphatic carbocycles. The Labute approximate surface area is 115 Å². The fraction of sp³-hybridized carbons (Fsp3) is 0.385. The van der Waals surface area contributed by atoms with Gasteiger partial charge in [0.15, 0.2) is 5.96 Å². The minimum absolute atomic E-state index is 0.311. The van der Waals surface area contributed by atoms with Crippen LogP contribution in [0.1, 0.15) is 11.5 Å². The molecule has 20 heavy (non-hydrogen) atoms. The number of rotatable bonds is 2. The van der Waals surface area contributed by atoms with Gasteiger partial charge in [0.25, 0.3) is 5.91 Å². The van der Waals surface area contributed by atoms with Crippen molar-refractivity contribution in [1.29, 1.82) is 0 Å². The molecule has 1 aromatic rings. The Morgan fingerprint density at radius 3 is 2.40 bits per heavy atom. The molecule has 1 saturated heterocycles. The second kappa shape index (κ2) is 5.54. The number of benzene rings is 1. The molecule has 1 aromatic carbocycles. The van der Waals surface area contributed by atoms with E-state index in [2.05, 4.69) is 4.99 Å². The second-order valence-electron chi connectivity index (χ2n) is 5.01. The first-order valence-electron chi connectivity index (χ1n) is 6.15. The fourth-order valence-electron chi connectivity index (χ4n) is 2.59. The molecule has 0 saturated carbocycles. The summed E-state index contributed by atoms with van der Waals surface area (Å²) in [4.78, 5) is 17.4. The lowest BCUT2D eigenvalue weighted by atomic mass is 9.88. The van der Waals surface area contributed by atoms with Crippen LogP contribution in [0.15, 0.2) is 23.2 Å². The molecule has 2 rings (SSSR count). The zero-order valence-electron chi connectivity index (χ0n) is 11.0. The number of halogens is 2. The third kappa shape index (κ3) is 3.11. The molecule has 1 heterocycles. The quantitative estimate of drug-likeness (QED) is 0.608. The topological polar surface area (TPSA) is 84.7 Å². The average molecular weight is 282 g/mol. The molecule has 0 bridgehead atoms. The zero-order valence-corrected chi connectivity index (χ0v) is 11.0. The Bertz CT molecular complexity index is 537. The first kappa shape index (κ1) is 14.4. The molecule has 1 aliphatic heterocycles. The fourth-order valence-corrected chi connectivity index (χ4v) is 2.59. The minimum Gasteiger partial charge on any atom is -0.370 e. The maximum absolute atomic E-state index is 13.3. The maximum Gasteiger partial charge on any atom is 0.253 e. The summed E-state index contributed by atoms with van der Waals surface area (Å²) in [6, 6.07) is 3.28. The number of carbonyl (C=O) groups is 1. The normalized spacial score (nSPS) is 22.8. The Kier molecular flexibility index (Phi) is 3.99. The number of nitrogens with zero attached hydrogens (tertiary/aromatic N) is 2. The van der Waals surface area contributed by atoms with E-state index in [1.54, 1.807) is 0 Å². The molecule has 5 nitrogen and oxygen atoms in total. The van der Waals surface area contributed by atoms with E-state index in [1.807, 2.05) is 11.9 Å². The minimum atomic E-state index is -0.664. The summed E-state index contributed by atoms with van der Waals surface area (Å²) >= 11 is 0. The summed E-state index contributed by atoms with van der Waals surface area (Å²) in [5.41, 5.74) is 10.8. The van der Waals surface area contributed by atoms with Crippen molar-refractivity contribution in [2.45, 2.75) is 5.92 Å². The van der Waals surface area contributed by atoms with Gasteiger partial charge in [-0.2, -0.15) is 4.99 Å². The molecule has 0 spiro atoms. The number of aliphatic imine (C=N–C) groups is 1. The van der Waals surface area contributed by atoms with Crippen LogP contribution < -0.4 is 11.5 Å². The van der Waals surface area contributed by atoms with Crippen LogP contribution >= 0.6 is 0 Å². The first-order chi connectivity index (χ1) is 9.36. The van der Waals surface area contributed by atoms with Crippen LogP contribution in [0, 0.1) is 17.6 Å². The van der Waals surface area contributed by atoms with E-state index in [4.69, 9.17) is 11.5 Å². The van der Waals surface area contributed by atoms with Gasteiger partial charge in [-0.1, -0.05) is 0 Å². The van der Waals surface area contributed by atoms with E-state index in [1.165, 1.54) is 12.1 Å². The van der Waals surface area contributed by atoms with Gasteiger partial charge in [-0.25, -0.2) is 8.78 Å². The van der Waals surface area contributed by atoms with E-state index in [0.29, 0.717) is 18.7 Å². The highest BCUT2D eigenvalue weighted by molar-refractivity contribution is 5.93. The summed E-state index contributed by atoms with van der Waals surface area (Å²) < 4.78 is 26.6. The molecule has 7 heteroatoms. The van der Waals surface area contributed by atoms with Gasteiger partial charge in [0.2, 0.25) is 0 Å². The number of hydrogen-bond donors (Lipinski definition) is 2. The van der Waals surface area contributed by atoms with Crippen LogP contribution in [0.4, 0.5) is 8.78 Å². The third-order valence-electron chi connectivity index (χ3n) is 3.37. The average Bonchev–Trinajstić information content (AvgIpc) is 2.69. The Morgan fingerprint density at radius 2 is 1.85 bits per heavy atom. The van der Waals surface area contributed by atoms with E-state index in [9.17, 15) is 13.6 Å². The number of hydrogen-bond acceptors (Lipinski definition) is 2. The van der Waals surface area contributed by atoms with Crippen molar-refractivity contribution in [1.82, 2.24) is 4.90 Å². The molecule has 0 unspecified atom stereocenters. The van der Waals surface area contributed by atoms with Crippen molar-refractivity contribution >= 4 is 11.9 Å². The van der Waals surface area contributed by atoms with Gasteiger partial charge < -0.3 is 16.4 Å². The summed E-state index contributed by atoms with van der Waals surface area (Å²) in [5, 5.41) is 0. The lowest BCUT2D eigenvalue weighted by Crippen LogP contribution is -2.28. The predicted molar refractivity (Wildman–Crippen MR) is 70.9 cm³/mol. The van der Waals surface area contributed by atoms with Crippen molar-refractivity contribution in [2.75, 3.05) is 20.1 Å². The molecule has 1 aliphatic rings. The van der Waals surface area contributed by atoms with Crippen molar-refractivity contribution in [3.8, 4) is 0 Å². The lowest BCUT2D eigenvalue weighted by molar-refractivity contribution is -0.121. The van der Waals surface area contributed by atoms with Gasteiger partial charge in [-0.3, -0.25) is 4.79 Å². The number of guanidine groups is 1. The highest BCUT2D eigenvalue weighted by atomic mass is 19.1. The van der Waals surface area contributed by atoms with Gasteiger partial charge in [0, 0.05) is 25.1 Å². The largest absolute Gasteiger partial charge is 0.370 e. The van der Waals surface area contributed by atoms with Crippen molar-refractivity contribution in [3.63, 3.8) is 0 Å². The SMILES string of the molecule is CN1C[C@H](C(=O)N=C(N)N)[C@@H](c2cc(F)cc(F)c2)C1. The standard InChI is InChI=1S/C13H16F2N4O/c1-19-5-10(7-2-8(14)4-9(15)3-7)11(6-19)12(20)18-13(16)17/h2-4,10-11H,5-6H2,1H3,(H4,16,17,18,20)/t10-,11+/m1/s1. The molecule has 1 fully saturated rings. The van der Waals surface area contributed by atoms with Crippen molar-refractivity contribution in [2.24, 2.45) is 22.4 Å². The first-order valence-corrected chi connectivity index (χ1v) is 6.15. The number of nitrogens with two attached hydrogens (primary N) is 2. The zero-order chi connectivity index (χ0) is 14.9. The van der Waals surface area contributed by atoms with Gasteiger partial charge in [-0.05, 0) is 24.7 Å². The monoisotopic (exact) mass is 282 g/mol. The summed E-state index contributed by atoms with van der Waals surface area (Å²) in [6.45, 7) is 0.956. The Balaban J connectivity index is 2.32. The number of likely N-dealkylation sites (tertiary alicyclic amines) is 1. The van der Waals surface area contributed by atoms with Crippen LogP contribution in [0.25, 0.3) is 0 Å². The van der Waals surface area contributed by atoms with Crippen molar-refractivity contribution < 1.29 is 13.6 Å². The van der Waals surface area contributed by atoms with Crippen LogP contribution in [0.2, 0.25) is 0 Å². The highest BCUT2D eigenvalue weighted by Gasteiger charge is 2.37. The van der Waals surface area contributed by atoms with Crippen LogP contribution in [-0.4, -0.2) is 36.9 Å².